The Labute approximate surface area is 112 Å². The molecule has 2 atom stereocenters. The van der Waals surface area contributed by atoms with E-state index >= 15 is 0 Å². The molecule has 0 bridgehead atoms. The van der Waals surface area contributed by atoms with Crippen molar-refractivity contribution in [3.8, 4) is 0 Å². The lowest BCUT2D eigenvalue weighted by Gasteiger charge is -2.39. The first-order chi connectivity index (χ1) is 8.17. The molecule has 1 rings (SSSR count). The lowest BCUT2D eigenvalue weighted by Crippen LogP contribution is -2.44. The number of hydrogen-bond donors (Lipinski definition) is 0. The van der Waals surface area contributed by atoms with Crippen LogP contribution in [0.15, 0.2) is 12.2 Å². The molecule has 0 aromatic rings. The summed E-state index contributed by atoms with van der Waals surface area (Å²) in [5, 5.41) is 0.194. The summed E-state index contributed by atoms with van der Waals surface area (Å²) in [5.74, 6) is -0.169. The number of allylic oxidation sites excluding steroid dienone is 1. The first kappa shape index (κ1) is 15.4. The van der Waals surface area contributed by atoms with Gasteiger partial charge in [0.25, 0.3) is 0 Å². The molecule has 0 N–H and O–H groups in total. The van der Waals surface area contributed by atoms with Gasteiger partial charge in [0.1, 0.15) is 0 Å². The zero-order valence-corrected chi connectivity index (χ0v) is 13.4. The topological polar surface area (TPSA) is 35.5 Å². The molecule has 4 heteroatoms. The largest absolute Gasteiger partial charge is 0.469 e. The number of methoxy groups -OCH3 is 1. The molecule has 0 saturated carbocycles. The van der Waals surface area contributed by atoms with Crippen LogP contribution in [0.2, 0.25) is 18.1 Å². The van der Waals surface area contributed by atoms with Crippen LogP contribution in [0, 0.1) is 5.92 Å². The van der Waals surface area contributed by atoms with E-state index in [1.807, 2.05) is 6.08 Å². The average molecular weight is 270 g/mol. The molecular weight excluding hydrogens is 244 g/mol. The SMILES string of the molecule is COC(=O)[C@@H]1CC=CC(O[Si](C)(C)C(C)(C)C)C1. The Bertz CT molecular complexity index is 328. The fourth-order valence-corrected chi connectivity index (χ4v) is 3.14. The number of hydrogen-bond acceptors (Lipinski definition) is 3. The van der Waals surface area contributed by atoms with Gasteiger partial charge >= 0.3 is 5.97 Å². The Kier molecular flexibility index (Phi) is 4.78. The highest BCUT2D eigenvalue weighted by Crippen LogP contribution is 2.38. The van der Waals surface area contributed by atoms with Crippen LogP contribution in [0.3, 0.4) is 0 Å². The summed E-state index contributed by atoms with van der Waals surface area (Å²) in [4.78, 5) is 11.6. The second-order valence-electron chi connectivity index (χ2n) is 6.54. The molecule has 18 heavy (non-hydrogen) atoms. The van der Waals surface area contributed by atoms with Crippen LogP contribution in [0.4, 0.5) is 0 Å². The van der Waals surface area contributed by atoms with Crippen molar-refractivity contribution in [2.75, 3.05) is 7.11 Å². The summed E-state index contributed by atoms with van der Waals surface area (Å²) < 4.78 is 11.1. The van der Waals surface area contributed by atoms with Crippen LogP contribution in [-0.4, -0.2) is 27.5 Å². The molecule has 0 radical (unpaired) electrons. The van der Waals surface area contributed by atoms with Gasteiger partial charge in [-0.05, 0) is 31.0 Å². The van der Waals surface area contributed by atoms with Gasteiger partial charge in [-0.3, -0.25) is 4.79 Å². The molecule has 0 fully saturated rings. The van der Waals surface area contributed by atoms with Crippen molar-refractivity contribution in [3.05, 3.63) is 12.2 Å². The summed E-state index contributed by atoms with van der Waals surface area (Å²) in [6, 6.07) is 0. The minimum Gasteiger partial charge on any atom is -0.469 e. The Morgan fingerprint density at radius 1 is 1.33 bits per heavy atom. The van der Waals surface area contributed by atoms with Crippen molar-refractivity contribution in [1.82, 2.24) is 0 Å². The fourth-order valence-electron chi connectivity index (χ4n) is 1.85. The number of ether oxygens (including phenoxy) is 1. The molecule has 0 aliphatic heterocycles. The van der Waals surface area contributed by atoms with Gasteiger partial charge in [-0.15, -0.1) is 0 Å². The highest BCUT2D eigenvalue weighted by molar-refractivity contribution is 6.74. The fraction of sp³-hybridized carbons (Fsp3) is 0.786. The molecular formula is C14H26O3Si. The lowest BCUT2D eigenvalue weighted by atomic mass is 9.93. The molecule has 0 aromatic carbocycles. The van der Waals surface area contributed by atoms with Crippen molar-refractivity contribution in [2.24, 2.45) is 5.92 Å². The van der Waals surface area contributed by atoms with Gasteiger partial charge in [0.05, 0.1) is 19.1 Å². The highest BCUT2D eigenvalue weighted by atomic mass is 28.4. The molecule has 0 spiro atoms. The van der Waals surface area contributed by atoms with Crippen molar-refractivity contribution in [1.29, 1.82) is 0 Å². The number of rotatable bonds is 3. The van der Waals surface area contributed by atoms with E-state index in [9.17, 15) is 4.79 Å². The summed E-state index contributed by atoms with van der Waals surface area (Å²) in [5.41, 5.74) is 0. The van der Waals surface area contributed by atoms with Crippen LogP contribution >= 0.6 is 0 Å². The molecule has 0 saturated heterocycles. The van der Waals surface area contributed by atoms with Crippen LogP contribution < -0.4 is 0 Å². The Hall–Kier alpha value is -0.613. The number of esters is 1. The molecule has 3 nitrogen and oxygen atoms in total. The van der Waals surface area contributed by atoms with E-state index in [0.29, 0.717) is 0 Å². The third kappa shape index (κ3) is 3.69. The Morgan fingerprint density at radius 2 is 1.94 bits per heavy atom. The van der Waals surface area contributed by atoms with Gasteiger partial charge < -0.3 is 9.16 Å². The second kappa shape index (κ2) is 5.57. The molecule has 0 amide bonds. The van der Waals surface area contributed by atoms with Crippen LogP contribution in [0.25, 0.3) is 0 Å². The van der Waals surface area contributed by atoms with Crippen molar-refractivity contribution >= 4 is 14.3 Å². The van der Waals surface area contributed by atoms with E-state index in [1.54, 1.807) is 0 Å². The smallest absolute Gasteiger partial charge is 0.309 e. The predicted octanol–water partition coefficient (Wildman–Crippen LogP) is 3.52. The van der Waals surface area contributed by atoms with Crippen molar-refractivity contribution in [3.63, 3.8) is 0 Å². The van der Waals surface area contributed by atoms with E-state index < -0.39 is 8.32 Å². The first-order valence-corrected chi connectivity index (χ1v) is 9.50. The summed E-state index contributed by atoms with van der Waals surface area (Å²) in [6.45, 7) is 11.2. The van der Waals surface area contributed by atoms with E-state index in [4.69, 9.17) is 9.16 Å². The van der Waals surface area contributed by atoms with Crippen LogP contribution in [0.5, 0.6) is 0 Å². The molecule has 0 aromatic heterocycles. The Balaban J connectivity index is 2.67. The monoisotopic (exact) mass is 270 g/mol. The minimum absolute atomic E-state index is 0.0465. The third-order valence-electron chi connectivity index (χ3n) is 4.07. The van der Waals surface area contributed by atoms with Gasteiger partial charge in [-0.1, -0.05) is 32.9 Å². The number of carbonyl (C=O) groups excluding carboxylic acids is 1. The molecule has 104 valence electrons. The summed E-state index contributed by atoms with van der Waals surface area (Å²) >= 11 is 0. The quantitative estimate of drug-likeness (QED) is 0.447. The molecule has 1 aliphatic carbocycles. The predicted molar refractivity (Wildman–Crippen MR) is 76.0 cm³/mol. The summed E-state index contributed by atoms with van der Waals surface area (Å²) in [6.07, 6.45) is 5.71. The van der Waals surface area contributed by atoms with Crippen LogP contribution in [-0.2, 0) is 14.0 Å². The van der Waals surface area contributed by atoms with Gasteiger partial charge in [0.15, 0.2) is 8.32 Å². The van der Waals surface area contributed by atoms with Crippen molar-refractivity contribution < 1.29 is 14.0 Å². The standard InChI is InChI=1S/C14H26O3Si/c1-14(2,3)18(5,6)17-12-9-7-8-11(10-12)13(15)16-4/h7,9,11-12H,8,10H2,1-6H3/t11-,12?/m1/s1. The molecule has 1 unspecified atom stereocenters. The van der Waals surface area contributed by atoms with E-state index in [2.05, 4.69) is 39.9 Å². The first-order valence-electron chi connectivity index (χ1n) is 6.59. The van der Waals surface area contributed by atoms with Gasteiger partial charge in [0.2, 0.25) is 0 Å². The van der Waals surface area contributed by atoms with Gasteiger partial charge in [-0.25, -0.2) is 0 Å². The summed E-state index contributed by atoms with van der Waals surface area (Å²) in [7, 11) is -0.321. The lowest BCUT2D eigenvalue weighted by molar-refractivity contribution is -0.146. The van der Waals surface area contributed by atoms with Crippen molar-refractivity contribution in [2.45, 2.75) is 57.8 Å². The third-order valence-corrected chi connectivity index (χ3v) is 8.58. The normalized spacial score (nSPS) is 25.0. The minimum atomic E-state index is -1.77. The van der Waals surface area contributed by atoms with E-state index in [1.165, 1.54) is 7.11 Å². The van der Waals surface area contributed by atoms with E-state index in [-0.39, 0.29) is 23.0 Å². The zero-order chi connectivity index (χ0) is 14.0. The molecule has 1 aliphatic rings. The van der Waals surface area contributed by atoms with Crippen LogP contribution in [0.1, 0.15) is 33.6 Å². The number of carbonyl (C=O) groups is 1. The Morgan fingerprint density at radius 3 is 2.44 bits per heavy atom. The zero-order valence-electron chi connectivity index (χ0n) is 12.4. The van der Waals surface area contributed by atoms with Gasteiger partial charge in [-0.2, -0.15) is 0 Å². The second-order valence-corrected chi connectivity index (χ2v) is 11.3. The maximum absolute atomic E-state index is 11.6. The maximum Gasteiger partial charge on any atom is 0.309 e. The molecule has 0 heterocycles. The van der Waals surface area contributed by atoms with E-state index in [0.717, 1.165) is 12.8 Å². The maximum atomic E-state index is 11.6. The average Bonchev–Trinajstić information content (AvgIpc) is 2.26. The highest BCUT2D eigenvalue weighted by Gasteiger charge is 2.40. The van der Waals surface area contributed by atoms with Gasteiger partial charge in [0, 0.05) is 0 Å².